The highest BCUT2D eigenvalue weighted by Crippen LogP contribution is 2.32. The zero-order valence-corrected chi connectivity index (χ0v) is 19.0. The Bertz CT molecular complexity index is 1170. The summed E-state index contributed by atoms with van der Waals surface area (Å²) in [4.78, 5) is 22.2. The van der Waals surface area contributed by atoms with Crippen LogP contribution in [0.2, 0.25) is 0 Å². The van der Waals surface area contributed by atoms with Crippen molar-refractivity contribution in [1.82, 2.24) is 9.97 Å². The van der Waals surface area contributed by atoms with Crippen molar-refractivity contribution in [1.29, 1.82) is 0 Å². The Morgan fingerprint density at radius 3 is 2.72 bits per heavy atom. The summed E-state index contributed by atoms with van der Waals surface area (Å²) in [6, 6.07) is 16.7. The van der Waals surface area contributed by atoms with E-state index in [0.29, 0.717) is 35.1 Å². The average Bonchev–Trinajstić information content (AvgIpc) is 3.36. The standard InChI is InChI=1S/C24H21N3O3S2/c1-29-21-7-6-18(12-22(21)30-13-17-8-10-25-11-9-17)27-24(28)20-4-2-3-5-23(20)32-15-19-14-31-16-26-19/h2-12,14,16H,13,15H2,1H3,(H,27,28). The molecule has 0 spiro atoms. The molecule has 6 nitrogen and oxygen atoms in total. The number of aromatic nitrogens is 2. The lowest BCUT2D eigenvalue weighted by atomic mass is 10.2. The minimum atomic E-state index is -0.184. The van der Waals surface area contributed by atoms with Crippen LogP contribution in [0, 0.1) is 0 Å². The monoisotopic (exact) mass is 463 g/mol. The molecule has 8 heteroatoms. The molecular weight excluding hydrogens is 442 g/mol. The van der Waals surface area contributed by atoms with Gasteiger partial charge in [0.25, 0.3) is 5.91 Å². The summed E-state index contributed by atoms with van der Waals surface area (Å²) in [6.07, 6.45) is 3.44. The maximum absolute atomic E-state index is 13.0. The SMILES string of the molecule is COc1ccc(NC(=O)c2ccccc2SCc2cscn2)cc1OCc1ccncc1. The molecule has 0 bridgehead atoms. The Morgan fingerprint density at radius 2 is 1.94 bits per heavy atom. The van der Waals surface area contributed by atoms with Crippen molar-refractivity contribution in [2.75, 3.05) is 12.4 Å². The maximum Gasteiger partial charge on any atom is 0.256 e. The van der Waals surface area contributed by atoms with E-state index < -0.39 is 0 Å². The van der Waals surface area contributed by atoms with Crippen LogP contribution < -0.4 is 14.8 Å². The Hall–Kier alpha value is -3.36. The zero-order valence-electron chi connectivity index (χ0n) is 17.4. The quantitative estimate of drug-likeness (QED) is 0.322. The topological polar surface area (TPSA) is 73.3 Å². The van der Waals surface area contributed by atoms with E-state index in [2.05, 4.69) is 15.3 Å². The number of methoxy groups -OCH3 is 1. The number of carbonyl (C=O) groups is 1. The molecule has 0 fully saturated rings. The number of thioether (sulfide) groups is 1. The minimum absolute atomic E-state index is 0.184. The third kappa shape index (κ3) is 5.66. The number of ether oxygens (including phenoxy) is 2. The Morgan fingerprint density at radius 1 is 1.09 bits per heavy atom. The third-order valence-corrected chi connectivity index (χ3v) is 6.30. The van der Waals surface area contributed by atoms with E-state index >= 15 is 0 Å². The number of nitrogens with zero attached hydrogens (tertiary/aromatic N) is 2. The van der Waals surface area contributed by atoms with Crippen LogP contribution in [-0.2, 0) is 12.4 Å². The van der Waals surface area contributed by atoms with Crippen LogP contribution in [0.3, 0.4) is 0 Å². The van der Waals surface area contributed by atoms with Crippen LogP contribution in [0.5, 0.6) is 11.5 Å². The number of benzene rings is 2. The van der Waals surface area contributed by atoms with E-state index in [1.54, 1.807) is 60.8 Å². The number of pyridine rings is 1. The van der Waals surface area contributed by atoms with Crippen molar-refractivity contribution in [3.63, 3.8) is 0 Å². The molecular formula is C24H21N3O3S2. The fraction of sp³-hybridized carbons (Fsp3) is 0.125. The molecule has 0 unspecified atom stereocenters. The predicted octanol–water partition coefficient (Wildman–Crippen LogP) is 5.67. The van der Waals surface area contributed by atoms with Gasteiger partial charge in [-0.1, -0.05) is 12.1 Å². The van der Waals surface area contributed by atoms with E-state index in [1.165, 1.54) is 0 Å². The van der Waals surface area contributed by atoms with Gasteiger partial charge in [0.2, 0.25) is 0 Å². The van der Waals surface area contributed by atoms with Crippen LogP contribution in [0.25, 0.3) is 0 Å². The molecule has 32 heavy (non-hydrogen) atoms. The molecule has 2 heterocycles. The molecule has 1 amide bonds. The summed E-state index contributed by atoms with van der Waals surface area (Å²) in [5.74, 6) is 1.67. The number of amides is 1. The van der Waals surface area contributed by atoms with E-state index in [4.69, 9.17) is 9.47 Å². The number of anilines is 1. The van der Waals surface area contributed by atoms with Crippen LogP contribution in [0.15, 0.2) is 82.8 Å². The second-order valence-corrected chi connectivity index (χ2v) is 8.46. The van der Waals surface area contributed by atoms with Crippen molar-refractivity contribution in [3.8, 4) is 11.5 Å². The third-order valence-electron chi connectivity index (χ3n) is 4.56. The number of carbonyl (C=O) groups excluding carboxylic acids is 1. The van der Waals surface area contributed by atoms with E-state index in [-0.39, 0.29) is 5.91 Å². The number of hydrogen-bond acceptors (Lipinski definition) is 7. The van der Waals surface area contributed by atoms with Gasteiger partial charge in [-0.15, -0.1) is 23.1 Å². The summed E-state index contributed by atoms with van der Waals surface area (Å²) in [5.41, 5.74) is 5.04. The number of rotatable bonds is 9. The minimum Gasteiger partial charge on any atom is -0.493 e. The number of thiazole rings is 1. The molecule has 2 aromatic heterocycles. The molecule has 4 aromatic rings. The molecule has 0 saturated carbocycles. The van der Waals surface area contributed by atoms with Gasteiger partial charge in [0, 0.05) is 40.2 Å². The van der Waals surface area contributed by atoms with Gasteiger partial charge in [-0.05, 0) is 42.0 Å². The van der Waals surface area contributed by atoms with E-state index in [9.17, 15) is 4.79 Å². The molecule has 0 atom stereocenters. The molecule has 0 saturated heterocycles. The summed E-state index contributed by atoms with van der Waals surface area (Å²) < 4.78 is 11.3. The van der Waals surface area contributed by atoms with Crippen molar-refractivity contribution in [3.05, 3.63) is 94.7 Å². The van der Waals surface area contributed by atoms with Crippen molar-refractivity contribution in [2.24, 2.45) is 0 Å². The second-order valence-electron chi connectivity index (χ2n) is 6.73. The molecule has 1 N–H and O–H groups in total. The van der Waals surface area contributed by atoms with Crippen LogP contribution in [0.1, 0.15) is 21.6 Å². The van der Waals surface area contributed by atoms with Gasteiger partial charge >= 0.3 is 0 Å². The Labute approximate surface area is 194 Å². The highest BCUT2D eigenvalue weighted by molar-refractivity contribution is 7.98. The van der Waals surface area contributed by atoms with Gasteiger partial charge < -0.3 is 14.8 Å². The van der Waals surface area contributed by atoms with Gasteiger partial charge in [-0.25, -0.2) is 4.98 Å². The highest BCUT2D eigenvalue weighted by Gasteiger charge is 2.14. The molecule has 4 rings (SSSR count). The maximum atomic E-state index is 13.0. The smallest absolute Gasteiger partial charge is 0.256 e. The van der Waals surface area contributed by atoms with Crippen molar-refractivity contribution >= 4 is 34.7 Å². The summed E-state index contributed by atoms with van der Waals surface area (Å²) in [7, 11) is 1.59. The first-order valence-corrected chi connectivity index (χ1v) is 11.8. The number of hydrogen-bond donors (Lipinski definition) is 1. The summed E-state index contributed by atoms with van der Waals surface area (Å²) in [6.45, 7) is 0.367. The molecule has 0 aliphatic heterocycles. The zero-order chi connectivity index (χ0) is 22.2. The van der Waals surface area contributed by atoms with Crippen molar-refractivity contribution < 1.29 is 14.3 Å². The lowest BCUT2D eigenvalue weighted by Crippen LogP contribution is -2.13. The van der Waals surface area contributed by atoms with E-state index in [0.717, 1.165) is 16.2 Å². The Balaban J connectivity index is 1.47. The fourth-order valence-corrected chi connectivity index (χ4v) is 4.56. The first kappa shape index (κ1) is 21.9. The summed E-state index contributed by atoms with van der Waals surface area (Å²) >= 11 is 3.16. The lowest BCUT2D eigenvalue weighted by Gasteiger charge is -2.14. The fourth-order valence-electron chi connectivity index (χ4n) is 2.95. The van der Waals surface area contributed by atoms with Crippen LogP contribution in [0.4, 0.5) is 5.69 Å². The Kier molecular flexibility index (Phi) is 7.37. The van der Waals surface area contributed by atoms with Crippen LogP contribution >= 0.6 is 23.1 Å². The number of nitrogens with one attached hydrogen (secondary N) is 1. The first-order chi connectivity index (χ1) is 15.7. The summed E-state index contributed by atoms with van der Waals surface area (Å²) in [5, 5.41) is 4.98. The highest BCUT2D eigenvalue weighted by atomic mass is 32.2. The van der Waals surface area contributed by atoms with Crippen molar-refractivity contribution in [2.45, 2.75) is 17.3 Å². The van der Waals surface area contributed by atoms with Gasteiger partial charge in [0.15, 0.2) is 11.5 Å². The second kappa shape index (κ2) is 10.8. The molecule has 0 aliphatic carbocycles. The first-order valence-electron chi connectivity index (χ1n) is 9.83. The molecule has 162 valence electrons. The molecule has 2 aromatic carbocycles. The van der Waals surface area contributed by atoms with Gasteiger partial charge in [-0.3, -0.25) is 9.78 Å². The predicted molar refractivity (Wildman–Crippen MR) is 128 cm³/mol. The van der Waals surface area contributed by atoms with Crippen LogP contribution in [-0.4, -0.2) is 23.0 Å². The molecule has 0 aliphatic rings. The van der Waals surface area contributed by atoms with Gasteiger partial charge in [0.05, 0.1) is 23.9 Å². The van der Waals surface area contributed by atoms with Gasteiger partial charge in [-0.2, -0.15) is 0 Å². The van der Waals surface area contributed by atoms with Gasteiger partial charge in [0.1, 0.15) is 6.61 Å². The largest absolute Gasteiger partial charge is 0.493 e. The normalized spacial score (nSPS) is 10.5. The lowest BCUT2D eigenvalue weighted by molar-refractivity contribution is 0.102. The molecule has 0 radical (unpaired) electrons. The average molecular weight is 464 g/mol. The van der Waals surface area contributed by atoms with E-state index in [1.807, 2.05) is 47.3 Å².